The highest BCUT2D eigenvalue weighted by Crippen LogP contribution is 2.16. The predicted octanol–water partition coefficient (Wildman–Crippen LogP) is 1.92. The van der Waals surface area contributed by atoms with Gasteiger partial charge in [-0.3, -0.25) is 0 Å². The molecule has 0 aromatic heterocycles. The van der Waals surface area contributed by atoms with E-state index in [2.05, 4.69) is 4.72 Å². The summed E-state index contributed by atoms with van der Waals surface area (Å²) in [4.78, 5) is 0.0492. The number of phenolic OH excluding ortho intramolecular Hbond substituents is 1. The van der Waals surface area contributed by atoms with Gasteiger partial charge in [-0.1, -0.05) is 18.2 Å². The molecule has 6 heteroatoms. The minimum atomic E-state index is -3.61. The molecule has 2 aromatic carbocycles. The normalized spacial score (nSPS) is 11.3. The van der Waals surface area contributed by atoms with E-state index in [1.807, 2.05) is 24.3 Å². The molecule has 2 N–H and O–H groups in total. The lowest BCUT2D eigenvalue weighted by atomic mass is 10.1. The maximum absolute atomic E-state index is 12.1. The number of sulfonamides is 1. The number of nitrogens with one attached hydrogen (secondary N) is 1. The summed E-state index contributed by atoms with van der Waals surface area (Å²) in [5.41, 5.74) is 0.980. The average molecular weight is 307 g/mol. The van der Waals surface area contributed by atoms with Crippen molar-refractivity contribution in [2.75, 3.05) is 13.7 Å². The Morgan fingerprint density at radius 1 is 1.14 bits per heavy atom. The van der Waals surface area contributed by atoms with Gasteiger partial charge in [0.2, 0.25) is 10.0 Å². The minimum absolute atomic E-state index is 0.0492. The largest absolute Gasteiger partial charge is 0.508 e. The molecule has 0 amide bonds. The van der Waals surface area contributed by atoms with Crippen LogP contribution in [0.4, 0.5) is 0 Å². The van der Waals surface area contributed by atoms with Crippen LogP contribution >= 0.6 is 0 Å². The monoisotopic (exact) mass is 307 g/mol. The van der Waals surface area contributed by atoms with Crippen LogP contribution in [0.2, 0.25) is 0 Å². The zero-order chi connectivity index (χ0) is 15.3. The van der Waals surface area contributed by atoms with Gasteiger partial charge in [0.1, 0.15) is 11.5 Å². The maximum Gasteiger partial charge on any atom is 0.240 e. The van der Waals surface area contributed by atoms with Crippen LogP contribution in [-0.4, -0.2) is 27.2 Å². The Kier molecular flexibility index (Phi) is 4.82. The van der Waals surface area contributed by atoms with Gasteiger partial charge in [-0.2, -0.15) is 0 Å². The summed E-state index contributed by atoms with van der Waals surface area (Å²) in [5, 5.41) is 9.33. The van der Waals surface area contributed by atoms with Crippen LogP contribution in [0.25, 0.3) is 0 Å². The smallest absolute Gasteiger partial charge is 0.240 e. The van der Waals surface area contributed by atoms with Crippen molar-refractivity contribution in [3.63, 3.8) is 0 Å². The summed E-state index contributed by atoms with van der Waals surface area (Å²) >= 11 is 0. The average Bonchev–Trinajstić information content (AvgIpc) is 2.47. The summed E-state index contributed by atoms with van der Waals surface area (Å²) in [6.07, 6.45) is 0.551. The molecule has 5 nitrogen and oxygen atoms in total. The summed E-state index contributed by atoms with van der Waals surface area (Å²) in [6.45, 7) is 0.269. The van der Waals surface area contributed by atoms with Crippen molar-refractivity contribution in [2.45, 2.75) is 11.3 Å². The number of hydrogen-bond acceptors (Lipinski definition) is 4. The molecular weight excluding hydrogens is 290 g/mol. The minimum Gasteiger partial charge on any atom is -0.508 e. The lowest BCUT2D eigenvalue weighted by molar-refractivity contribution is 0.414. The van der Waals surface area contributed by atoms with Crippen molar-refractivity contribution in [3.8, 4) is 11.5 Å². The molecular formula is C15H17NO4S. The van der Waals surface area contributed by atoms with Gasteiger partial charge in [0.25, 0.3) is 0 Å². The van der Waals surface area contributed by atoms with Crippen molar-refractivity contribution in [1.82, 2.24) is 4.72 Å². The molecule has 0 aliphatic rings. The molecule has 0 fully saturated rings. The molecule has 0 unspecified atom stereocenters. The molecule has 0 saturated heterocycles. The van der Waals surface area contributed by atoms with Gasteiger partial charge in [0.05, 0.1) is 12.0 Å². The second-order valence-corrected chi connectivity index (χ2v) is 6.26. The molecule has 2 aromatic rings. The highest BCUT2D eigenvalue weighted by atomic mass is 32.2. The first-order chi connectivity index (χ1) is 10.0. The van der Waals surface area contributed by atoms with E-state index in [1.165, 1.54) is 24.3 Å². The third-order valence-corrected chi connectivity index (χ3v) is 4.43. The van der Waals surface area contributed by atoms with E-state index in [4.69, 9.17) is 4.74 Å². The SMILES string of the molecule is COc1cccc(CCNS(=O)(=O)c2cccc(O)c2)c1. The molecule has 0 heterocycles. The number of rotatable bonds is 6. The van der Waals surface area contributed by atoms with Crippen LogP contribution in [0.15, 0.2) is 53.4 Å². The van der Waals surface area contributed by atoms with E-state index in [1.54, 1.807) is 7.11 Å². The Bertz CT molecular complexity index is 713. The fraction of sp³-hybridized carbons (Fsp3) is 0.200. The van der Waals surface area contributed by atoms with E-state index in [9.17, 15) is 13.5 Å². The van der Waals surface area contributed by atoms with Gasteiger partial charge in [-0.25, -0.2) is 13.1 Å². The highest BCUT2D eigenvalue weighted by molar-refractivity contribution is 7.89. The van der Waals surface area contributed by atoms with Crippen LogP contribution in [0.5, 0.6) is 11.5 Å². The van der Waals surface area contributed by atoms with E-state index in [0.717, 1.165) is 11.3 Å². The Hall–Kier alpha value is -2.05. The molecule has 0 radical (unpaired) electrons. The van der Waals surface area contributed by atoms with Crippen molar-refractivity contribution < 1.29 is 18.3 Å². The molecule has 0 spiro atoms. The maximum atomic E-state index is 12.1. The second kappa shape index (κ2) is 6.60. The van der Waals surface area contributed by atoms with Gasteiger partial charge in [-0.15, -0.1) is 0 Å². The van der Waals surface area contributed by atoms with Gasteiger partial charge in [-0.05, 0) is 42.3 Å². The number of benzene rings is 2. The first-order valence-electron chi connectivity index (χ1n) is 6.43. The third kappa shape index (κ3) is 4.21. The molecule has 2 rings (SSSR count). The fourth-order valence-corrected chi connectivity index (χ4v) is 2.96. The molecule has 0 aliphatic carbocycles. The second-order valence-electron chi connectivity index (χ2n) is 4.50. The van der Waals surface area contributed by atoms with Gasteiger partial charge in [0, 0.05) is 6.54 Å². The van der Waals surface area contributed by atoms with Crippen molar-refractivity contribution in [2.24, 2.45) is 0 Å². The van der Waals surface area contributed by atoms with Crippen molar-refractivity contribution in [3.05, 3.63) is 54.1 Å². The zero-order valence-corrected chi connectivity index (χ0v) is 12.4. The van der Waals surface area contributed by atoms with Crippen molar-refractivity contribution in [1.29, 1.82) is 0 Å². The number of aromatic hydroxyl groups is 1. The standard InChI is InChI=1S/C15H17NO4S/c1-20-14-6-2-4-12(10-14)8-9-16-21(18,19)15-7-3-5-13(17)11-15/h2-7,10-11,16-17H,8-9H2,1H3. The van der Waals surface area contributed by atoms with Gasteiger partial charge < -0.3 is 9.84 Å². The van der Waals surface area contributed by atoms with Crippen LogP contribution in [-0.2, 0) is 16.4 Å². The molecule has 112 valence electrons. The van der Waals surface area contributed by atoms with Crippen LogP contribution in [0.1, 0.15) is 5.56 Å². The first kappa shape index (κ1) is 15.3. The number of phenols is 1. The molecule has 21 heavy (non-hydrogen) atoms. The van der Waals surface area contributed by atoms with Gasteiger partial charge in [0.15, 0.2) is 0 Å². The predicted molar refractivity (Wildman–Crippen MR) is 80.0 cm³/mol. The summed E-state index contributed by atoms with van der Waals surface area (Å²) < 4.78 is 31.7. The highest BCUT2D eigenvalue weighted by Gasteiger charge is 2.13. The lowest BCUT2D eigenvalue weighted by Gasteiger charge is -2.08. The Morgan fingerprint density at radius 3 is 2.62 bits per heavy atom. The van der Waals surface area contributed by atoms with E-state index < -0.39 is 10.0 Å². The molecule has 0 aliphatic heterocycles. The Morgan fingerprint density at radius 2 is 1.90 bits per heavy atom. The molecule has 0 atom stereocenters. The fourth-order valence-electron chi connectivity index (χ4n) is 1.89. The zero-order valence-electron chi connectivity index (χ0n) is 11.6. The topological polar surface area (TPSA) is 75.6 Å². The third-order valence-electron chi connectivity index (χ3n) is 2.97. The van der Waals surface area contributed by atoms with Crippen LogP contribution in [0.3, 0.4) is 0 Å². The summed E-state index contributed by atoms with van der Waals surface area (Å²) in [7, 11) is -2.02. The van der Waals surface area contributed by atoms with E-state index in [-0.39, 0.29) is 17.2 Å². The Labute approximate surface area is 124 Å². The molecule has 0 saturated carbocycles. The lowest BCUT2D eigenvalue weighted by Crippen LogP contribution is -2.25. The van der Waals surface area contributed by atoms with Crippen LogP contribution < -0.4 is 9.46 Å². The van der Waals surface area contributed by atoms with E-state index in [0.29, 0.717) is 6.42 Å². The number of methoxy groups -OCH3 is 1. The number of hydrogen-bond donors (Lipinski definition) is 2. The first-order valence-corrected chi connectivity index (χ1v) is 7.91. The van der Waals surface area contributed by atoms with Crippen LogP contribution in [0, 0.1) is 0 Å². The van der Waals surface area contributed by atoms with E-state index >= 15 is 0 Å². The summed E-state index contributed by atoms with van der Waals surface area (Å²) in [5.74, 6) is 0.661. The quantitative estimate of drug-likeness (QED) is 0.855. The number of ether oxygens (including phenoxy) is 1. The molecule has 0 bridgehead atoms. The Balaban J connectivity index is 1.99. The van der Waals surface area contributed by atoms with Gasteiger partial charge >= 0.3 is 0 Å². The summed E-state index contributed by atoms with van der Waals surface area (Å²) in [6, 6.07) is 13.0. The van der Waals surface area contributed by atoms with Crippen molar-refractivity contribution >= 4 is 10.0 Å².